The highest BCUT2D eigenvalue weighted by Gasteiger charge is 2.48. The molecule has 0 unspecified atom stereocenters. The van der Waals surface area contributed by atoms with Gasteiger partial charge in [0.05, 0.1) is 0 Å². The van der Waals surface area contributed by atoms with E-state index in [9.17, 15) is 23.2 Å². The third-order valence-corrected chi connectivity index (χ3v) is 4.70. The highest BCUT2D eigenvalue weighted by Crippen LogP contribution is 2.31. The van der Waals surface area contributed by atoms with Crippen molar-refractivity contribution in [1.29, 1.82) is 0 Å². The molecule has 1 aliphatic heterocycles. The van der Waals surface area contributed by atoms with E-state index in [-0.39, 0.29) is 17.5 Å². The topological polar surface area (TPSA) is 87.3 Å². The summed E-state index contributed by atoms with van der Waals surface area (Å²) in [6.45, 7) is 1.46. The summed E-state index contributed by atoms with van der Waals surface area (Å²) in [5.41, 5.74) is -1.34. The molecule has 1 aromatic carbocycles. The largest absolute Gasteiger partial charge is 0.349 e. The molecule has 2 aliphatic rings. The van der Waals surface area contributed by atoms with E-state index < -0.39 is 34.7 Å². The number of aryl methyl sites for hydroxylation is 1. The van der Waals surface area contributed by atoms with Gasteiger partial charge in [-0.3, -0.25) is 14.9 Å². The van der Waals surface area contributed by atoms with E-state index in [2.05, 4.69) is 16.0 Å². The molecule has 3 rings (SSSR count). The van der Waals surface area contributed by atoms with Gasteiger partial charge in [0.2, 0.25) is 0 Å². The molecular weight excluding hydrogens is 320 g/mol. The SMILES string of the molecule is Cc1ccc(F)c(C(=O)NC2CCC3(CC2)NC(=O)NC3=O)c1F. The number of nitrogens with one attached hydrogen (secondary N) is 3. The standard InChI is InChI=1S/C16H17F2N3O3/c1-8-2-3-10(17)11(12(8)18)13(22)19-9-4-6-16(7-5-9)14(23)20-15(24)21-16/h2-3,9H,4-7H2,1H3,(H,19,22)(H2,20,21,23,24). The van der Waals surface area contributed by atoms with Crippen LogP contribution >= 0.6 is 0 Å². The van der Waals surface area contributed by atoms with Gasteiger partial charge in [-0.1, -0.05) is 6.07 Å². The maximum atomic E-state index is 14.0. The molecule has 8 heteroatoms. The van der Waals surface area contributed by atoms with Gasteiger partial charge in [-0.15, -0.1) is 0 Å². The van der Waals surface area contributed by atoms with Crippen LogP contribution in [0.5, 0.6) is 0 Å². The Morgan fingerprint density at radius 2 is 1.92 bits per heavy atom. The van der Waals surface area contributed by atoms with Crippen molar-refractivity contribution in [2.75, 3.05) is 0 Å². The molecule has 1 aromatic rings. The Balaban J connectivity index is 1.67. The third kappa shape index (κ3) is 2.72. The average molecular weight is 337 g/mol. The number of rotatable bonds is 2. The summed E-state index contributed by atoms with van der Waals surface area (Å²) in [5.74, 6) is -2.96. The van der Waals surface area contributed by atoms with Crippen molar-refractivity contribution in [3.05, 3.63) is 34.9 Å². The monoisotopic (exact) mass is 337 g/mol. The molecule has 3 N–H and O–H groups in total. The molecular formula is C16H17F2N3O3. The molecule has 1 heterocycles. The van der Waals surface area contributed by atoms with Crippen molar-refractivity contribution in [1.82, 2.24) is 16.0 Å². The van der Waals surface area contributed by atoms with Gasteiger partial charge < -0.3 is 10.6 Å². The minimum atomic E-state index is -0.932. The number of carbonyl (C=O) groups excluding carboxylic acids is 3. The maximum absolute atomic E-state index is 14.0. The van der Waals surface area contributed by atoms with Gasteiger partial charge in [-0.25, -0.2) is 13.6 Å². The molecule has 0 atom stereocenters. The molecule has 1 spiro atoms. The second-order valence-corrected chi connectivity index (χ2v) is 6.29. The van der Waals surface area contributed by atoms with E-state index in [1.807, 2.05) is 0 Å². The zero-order chi connectivity index (χ0) is 17.5. The van der Waals surface area contributed by atoms with Gasteiger partial charge in [-0.2, -0.15) is 0 Å². The fraction of sp³-hybridized carbons (Fsp3) is 0.438. The van der Waals surface area contributed by atoms with Crippen molar-refractivity contribution in [3.63, 3.8) is 0 Å². The van der Waals surface area contributed by atoms with Gasteiger partial charge in [0.1, 0.15) is 22.7 Å². The average Bonchev–Trinajstić information content (AvgIpc) is 2.80. The Labute approximate surface area is 137 Å². The smallest absolute Gasteiger partial charge is 0.322 e. The van der Waals surface area contributed by atoms with Crippen molar-refractivity contribution < 1.29 is 23.2 Å². The Bertz CT molecular complexity index is 728. The molecule has 4 amide bonds. The first-order chi connectivity index (χ1) is 11.3. The predicted molar refractivity (Wildman–Crippen MR) is 80.2 cm³/mol. The number of hydrogen-bond acceptors (Lipinski definition) is 3. The first kappa shape index (κ1) is 16.4. The number of urea groups is 1. The Hall–Kier alpha value is -2.51. The second kappa shape index (κ2) is 5.85. The molecule has 1 saturated carbocycles. The normalized spacial score (nSPS) is 26.2. The molecule has 0 aromatic heterocycles. The van der Waals surface area contributed by atoms with Crippen LogP contribution in [0.3, 0.4) is 0 Å². The molecule has 128 valence electrons. The van der Waals surface area contributed by atoms with E-state index in [1.54, 1.807) is 0 Å². The number of carbonyl (C=O) groups is 3. The Kier molecular flexibility index (Phi) is 3.98. The minimum Gasteiger partial charge on any atom is -0.349 e. The summed E-state index contributed by atoms with van der Waals surface area (Å²) in [5, 5.41) is 7.44. The van der Waals surface area contributed by atoms with Crippen LogP contribution in [0.1, 0.15) is 41.6 Å². The molecule has 0 radical (unpaired) electrons. The summed E-state index contributed by atoms with van der Waals surface area (Å²) in [4.78, 5) is 35.3. The lowest BCUT2D eigenvalue weighted by atomic mass is 9.79. The fourth-order valence-electron chi connectivity index (χ4n) is 3.26. The Morgan fingerprint density at radius 1 is 1.25 bits per heavy atom. The number of hydrogen-bond donors (Lipinski definition) is 3. The summed E-state index contributed by atoms with van der Waals surface area (Å²) in [7, 11) is 0. The van der Waals surface area contributed by atoms with Gasteiger partial charge in [0.25, 0.3) is 11.8 Å². The van der Waals surface area contributed by atoms with E-state index in [0.717, 1.165) is 6.07 Å². The number of halogens is 2. The van der Waals surface area contributed by atoms with E-state index in [1.165, 1.54) is 13.0 Å². The number of benzene rings is 1. The lowest BCUT2D eigenvalue weighted by Crippen LogP contribution is -2.52. The van der Waals surface area contributed by atoms with Crippen LogP contribution in [0.15, 0.2) is 12.1 Å². The third-order valence-electron chi connectivity index (χ3n) is 4.70. The van der Waals surface area contributed by atoms with Crippen LogP contribution in [0.25, 0.3) is 0 Å². The minimum absolute atomic E-state index is 0.189. The van der Waals surface area contributed by atoms with Crippen LogP contribution < -0.4 is 16.0 Å². The summed E-state index contributed by atoms with van der Waals surface area (Å²) >= 11 is 0. The number of imide groups is 1. The van der Waals surface area contributed by atoms with E-state index >= 15 is 0 Å². The van der Waals surface area contributed by atoms with E-state index in [0.29, 0.717) is 25.7 Å². The van der Waals surface area contributed by atoms with Gasteiger partial charge in [0.15, 0.2) is 0 Å². The maximum Gasteiger partial charge on any atom is 0.322 e. The highest BCUT2D eigenvalue weighted by molar-refractivity contribution is 6.07. The lowest BCUT2D eigenvalue weighted by molar-refractivity contribution is -0.125. The molecule has 1 saturated heterocycles. The van der Waals surface area contributed by atoms with Crippen molar-refractivity contribution >= 4 is 17.8 Å². The zero-order valence-electron chi connectivity index (χ0n) is 13.0. The van der Waals surface area contributed by atoms with Crippen LogP contribution in [0.2, 0.25) is 0 Å². The quantitative estimate of drug-likeness (QED) is 0.715. The fourth-order valence-corrected chi connectivity index (χ4v) is 3.26. The lowest BCUT2D eigenvalue weighted by Gasteiger charge is -2.34. The van der Waals surface area contributed by atoms with Crippen LogP contribution in [0, 0.1) is 18.6 Å². The van der Waals surface area contributed by atoms with E-state index in [4.69, 9.17) is 0 Å². The highest BCUT2D eigenvalue weighted by atomic mass is 19.1. The molecule has 1 aliphatic carbocycles. The summed E-state index contributed by atoms with van der Waals surface area (Å²) < 4.78 is 27.8. The zero-order valence-corrected chi connectivity index (χ0v) is 13.0. The molecule has 2 fully saturated rings. The van der Waals surface area contributed by atoms with Gasteiger partial charge in [-0.05, 0) is 44.2 Å². The first-order valence-corrected chi connectivity index (χ1v) is 7.71. The second-order valence-electron chi connectivity index (χ2n) is 6.29. The van der Waals surface area contributed by atoms with Crippen molar-refractivity contribution in [2.24, 2.45) is 0 Å². The van der Waals surface area contributed by atoms with Crippen LogP contribution in [-0.4, -0.2) is 29.4 Å². The first-order valence-electron chi connectivity index (χ1n) is 7.71. The van der Waals surface area contributed by atoms with Crippen LogP contribution in [-0.2, 0) is 4.79 Å². The van der Waals surface area contributed by atoms with Gasteiger partial charge in [0, 0.05) is 6.04 Å². The summed E-state index contributed by atoms with van der Waals surface area (Å²) in [6, 6.07) is 1.49. The van der Waals surface area contributed by atoms with Crippen molar-refractivity contribution in [2.45, 2.75) is 44.2 Å². The summed E-state index contributed by atoms with van der Waals surface area (Å²) in [6.07, 6.45) is 1.56. The Morgan fingerprint density at radius 3 is 2.50 bits per heavy atom. The number of amides is 4. The molecule has 0 bridgehead atoms. The van der Waals surface area contributed by atoms with Gasteiger partial charge >= 0.3 is 6.03 Å². The van der Waals surface area contributed by atoms with Crippen molar-refractivity contribution in [3.8, 4) is 0 Å². The predicted octanol–water partition coefficient (Wildman–Crippen LogP) is 1.52. The molecule has 24 heavy (non-hydrogen) atoms. The van der Waals surface area contributed by atoms with Crippen LogP contribution in [0.4, 0.5) is 13.6 Å². The molecule has 6 nitrogen and oxygen atoms in total.